The third kappa shape index (κ3) is 3.83. The summed E-state index contributed by atoms with van der Waals surface area (Å²) >= 11 is 0. The summed E-state index contributed by atoms with van der Waals surface area (Å²) in [6.07, 6.45) is 0.305. The van der Waals surface area contributed by atoms with Crippen molar-refractivity contribution >= 4 is 17.8 Å². The normalized spacial score (nSPS) is 25.1. The van der Waals surface area contributed by atoms with E-state index in [2.05, 4.69) is 4.74 Å². The van der Waals surface area contributed by atoms with E-state index in [1.807, 2.05) is 43.1 Å². The Balaban J connectivity index is 2.45. The summed E-state index contributed by atoms with van der Waals surface area (Å²) in [6, 6.07) is 7.51. The molecule has 0 saturated carbocycles. The van der Waals surface area contributed by atoms with Gasteiger partial charge in [0.2, 0.25) is 5.91 Å². The zero-order chi connectivity index (χ0) is 20.4. The second-order valence-corrected chi connectivity index (χ2v) is 7.26. The zero-order valence-corrected chi connectivity index (χ0v) is 16.8. The maximum Gasteiger partial charge on any atom is 0.326 e. The summed E-state index contributed by atoms with van der Waals surface area (Å²) in [5.41, 5.74) is 1.09. The molecule has 1 heterocycles. The molecule has 0 spiro atoms. The van der Waals surface area contributed by atoms with Crippen LogP contribution < -0.4 is 0 Å². The molecule has 2 rings (SSSR count). The van der Waals surface area contributed by atoms with E-state index in [1.165, 1.54) is 19.1 Å². The molecule has 0 aliphatic carbocycles. The minimum atomic E-state index is -0.936. The first-order valence-electron chi connectivity index (χ1n) is 8.86. The molecule has 3 atom stereocenters. The van der Waals surface area contributed by atoms with E-state index in [0.29, 0.717) is 6.42 Å². The number of esters is 2. The van der Waals surface area contributed by atoms with Crippen molar-refractivity contribution in [2.45, 2.75) is 31.8 Å². The average Bonchev–Trinajstić information content (AvgIpc) is 2.93. The second-order valence-electron chi connectivity index (χ2n) is 7.26. The van der Waals surface area contributed by atoms with Crippen molar-refractivity contribution in [1.29, 1.82) is 0 Å². The van der Waals surface area contributed by atoms with Crippen molar-refractivity contribution in [1.82, 2.24) is 9.80 Å². The molecular formula is C20H28N2O5. The lowest BCUT2D eigenvalue weighted by Crippen LogP contribution is -2.47. The van der Waals surface area contributed by atoms with Crippen LogP contribution >= 0.6 is 0 Å². The average molecular weight is 376 g/mol. The number of amides is 1. The number of nitrogens with zero attached hydrogens (tertiary/aromatic N) is 2. The Kier molecular flexibility index (Phi) is 6.26. The Morgan fingerprint density at radius 2 is 1.85 bits per heavy atom. The van der Waals surface area contributed by atoms with Crippen LogP contribution in [0.25, 0.3) is 0 Å². The fraction of sp³-hybridized carbons (Fsp3) is 0.550. The van der Waals surface area contributed by atoms with Crippen molar-refractivity contribution in [3.63, 3.8) is 0 Å². The van der Waals surface area contributed by atoms with Crippen LogP contribution in [0.15, 0.2) is 24.3 Å². The first-order valence-corrected chi connectivity index (χ1v) is 8.86. The number of benzene rings is 1. The van der Waals surface area contributed by atoms with E-state index in [-0.39, 0.29) is 24.5 Å². The number of rotatable bonds is 5. The Morgan fingerprint density at radius 3 is 2.41 bits per heavy atom. The van der Waals surface area contributed by atoms with E-state index in [0.717, 1.165) is 11.1 Å². The van der Waals surface area contributed by atoms with Crippen molar-refractivity contribution in [3.8, 4) is 0 Å². The quantitative estimate of drug-likeness (QED) is 0.726. The molecule has 1 aromatic carbocycles. The number of methoxy groups -OCH3 is 2. The fourth-order valence-electron chi connectivity index (χ4n) is 3.89. The van der Waals surface area contributed by atoms with Crippen LogP contribution in [0.1, 0.15) is 30.5 Å². The number of likely N-dealkylation sites (tertiary alicyclic amines) is 1. The largest absolute Gasteiger partial charge is 0.468 e. The van der Waals surface area contributed by atoms with Crippen LogP contribution in [-0.4, -0.2) is 68.0 Å². The van der Waals surface area contributed by atoms with E-state index >= 15 is 0 Å². The lowest BCUT2D eigenvalue weighted by molar-refractivity contribution is -0.152. The van der Waals surface area contributed by atoms with Crippen molar-refractivity contribution in [2.75, 3.05) is 34.9 Å². The minimum absolute atomic E-state index is 0.134. The smallest absolute Gasteiger partial charge is 0.326 e. The number of carbonyl (C=O) groups excluding carboxylic acids is 3. The number of aryl methyl sites for hydroxylation is 1. The maximum absolute atomic E-state index is 13.2. The van der Waals surface area contributed by atoms with Crippen molar-refractivity contribution in [2.24, 2.45) is 5.92 Å². The third-order valence-electron chi connectivity index (χ3n) is 5.61. The third-order valence-corrected chi connectivity index (χ3v) is 5.61. The van der Waals surface area contributed by atoms with E-state index in [9.17, 15) is 14.4 Å². The molecule has 1 aliphatic heterocycles. The van der Waals surface area contributed by atoms with Gasteiger partial charge in [-0.2, -0.15) is 0 Å². The molecule has 1 aromatic rings. The van der Waals surface area contributed by atoms with Gasteiger partial charge in [-0.15, -0.1) is 0 Å². The lowest BCUT2D eigenvalue weighted by atomic mass is 9.87. The monoisotopic (exact) mass is 376 g/mol. The van der Waals surface area contributed by atoms with Gasteiger partial charge in [-0.05, 0) is 38.4 Å². The number of likely N-dealkylation sites (N-methyl/N-ethyl adjacent to an activating group) is 2. The van der Waals surface area contributed by atoms with Crippen LogP contribution in [0.4, 0.5) is 0 Å². The molecular weight excluding hydrogens is 348 g/mol. The zero-order valence-electron chi connectivity index (χ0n) is 16.8. The highest BCUT2D eigenvalue weighted by molar-refractivity contribution is 5.87. The van der Waals surface area contributed by atoms with Crippen LogP contribution in [0, 0.1) is 12.8 Å². The van der Waals surface area contributed by atoms with Crippen LogP contribution in [-0.2, 0) is 23.9 Å². The van der Waals surface area contributed by atoms with Gasteiger partial charge < -0.3 is 14.4 Å². The van der Waals surface area contributed by atoms with Gasteiger partial charge in [0.1, 0.15) is 12.1 Å². The summed E-state index contributed by atoms with van der Waals surface area (Å²) < 4.78 is 9.68. The van der Waals surface area contributed by atoms with Crippen LogP contribution in [0.3, 0.4) is 0 Å². The molecule has 1 amide bonds. The molecule has 1 fully saturated rings. The van der Waals surface area contributed by atoms with E-state index in [1.54, 1.807) is 14.0 Å². The highest BCUT2D eigenvalue weighted by atomic mass is 16.5. The van der Waals surface area contributed by atoms with Crippen LogP contribution in [0.2, 0.25) is 0 Å². The summed E-state index contributed by atoms with van der Waals surface area (Å²) in [4.78, 5) is 40.5. The second kappa shape index (κ2) is 8.08. The fourth-order valence-corrected chi connectivity index (χ4v) is 3.89. The van der Waals surface area contributed by atoms with Gasteiger partial charge in [-0.25, -0.2) is 0 Å². The molecule has 7 heteroatoms. The number of hydrogen-bond donors (Lipinski definition) is 0. The van der Waals surface area contributed by atoms with Crippen molar-refractivity contribution in [3.05, 3.63) is 35.4 Å². The first kappa shape index (κ1) is 20.9. The van der Waals surface area contributed by atoms with E-state index in [4.69, 9.17) is 4.74 Å². The summed E-state index contributed by atoms with van der Waals surface area (Å²) in [7, 11) is 6.04. The standard InChI is InChI=1S/C20H28N2O5/c1-13-9-7-8-10-14(13)17-15(18(24)21(3)12-16(23)26-5)11-20(2,22(17)4)19(25)27-6/h7-10,15,17H,11-12H2,1-6H3/t15-,17-,20-/m0/s1. The van der Waals surface area contributed by atoms with Crippen LogP contribution in [0.5, 0.6) is 0 Å². The topological polar surface area (TPSA) is 76.1 Å². The Morgan fingerprint density at radius 1 is 1.22 bits per heavy atom. The molecule has 0 radical (unpaired) electrons. The number of ether oxygens (including phenoxy) is 2. The number of hydrogen-bond acceptors (Lipinski definition) is 6. The Labute approximate surface area is 160 Å². The molecule has 0 aromatic heterocycles. The Bertz CT molecular complexity index is 735. The van der Waals surface area contributed by atoms with Gasteiger partial charge in [0.05, 0.1) is 20.1 Å². The molecule has 7 nitrogen and oxygen atoms in total. The molecule has 0 unspecified atom stereocenters. The van der Waals surface area contributed by atoms with Crippen molar-refractivity contribution < 1.29 is 23.9 Å². The minimum Gasteiger partial charge on any atom is -0.468 e. The molecule has 0 bridgehead atoms. The SMILES string of the molecule is COC(=O)CN(C)C(=O)[C@H]1C[C@@](C)(C(=O)OC)N(C)[C@H]1c1ccccc1C. The predicted molar refractivity (Wildman–Crippen MR) is 99.9 cm³/mol. The highest BCUT2D eigenvalue weighted by Gasteiger charge is 2.55. The van der Waals surface area contributed by atoms with Gasteiger partial charge in [0.15, 0.2) is 0 Å². The molecule has 1 aliphatic rings. The molecule has 0 N–H and O–H groups in total. The van der Waals surface area contributed by atoms with E-state index < -0.39 is 17.4 Å². The van der Waals surface area contributed by atoms with Gasteiger partial charge in [0.25, 0.3) is 0 Å². The maximum atomic E-state index is 13.2. The highest BCUT2D eigenvalue weighted by Crippen LogP contribution is 2.47. The first-order chi connectivity index (χ1) is 12.7. The molecule has 148 valence electrons. The summed E-state index contributed by atoms with van der Waals surface area (Å²) in [6.45, 7) is 3.64. The summed E-state index contributed by atoms with van der Waals surface area (Å²) in [5.74, 6) is -1.56. The van der Waals surface area contributed by atoms with Gasteiger partial charge in [0, 0.05) is 13.1 Å². The molecule has 1 saturated heterocycles. The molecule has 27 heavy (non-hydrogen) atoms. The van der Waals surface area contributed by atoms with Gasteiger partial charge in [-0.1, -0.05) is 24.3 Å². The van der Waals surface area contributed by atoms with Gasteiger partial charge in [-0.3, -0.25) is 19.3 Å². The lowest BCUT2D eigenvalue weighted by Gasteiger charge is -2.34. The predicted octanol–water partition coefficient (Wildman–Crippen LogP) is 1.55. The Hall–Kier alpha value is -2.41. The summed E-state index contributed by atoms with van der Waals surface area (Å²) in [5, 5.41) is 0. The van der Waals surface area contributed by atoms with Gasteiger partial charge >= 0.3 is 11.9 Å². The number of carbonyl (C=O) groups is 3.